The number of aliphatic hydroxyl groups excluding tert-OH is 1. The number of hydrogen-bond acceptors (Lipinski definition) is 5. The van der Waals surface area contributed by atoms with Gasteiger partial charge in [0.2, 0.25) is 0 Å². The SMILES string of the molecule is CC(C)CCOCC(=O)OC(=O)CO. The third kappa shape index (κ3) is 7.70. The van der Waals surface area contributed by atoms with Gasteiger partial charge in [0.25, 0.3) is 0 Å². The number of esters is 2. The molecular weight excluding hydrogens is 188 g/mol. The highest BCUT2D eigenvalue weighted by molar-refractivity contribution is 5.86. The van der Waals surface area contributed by atoms with Crippen LogP contribution in [0.25, 0.3) is 0 Å². The second-order valence-electron chi connectivity index (χ2n) is 3.24. The van der Waals surface area contributed by atoms with E-state index >= 15 is 0 Å². The summed E-state index contributed by atoms with van der Waals surface area (Å²) in [5.41, 5.74) is 0. The van der Waals surface area contributed by atoms with Crippen LogP contribution in [-0.2, 0) is 19.1 Å². The Kier molecular flexibility index (Phi) is 6.96. The maximum Gasteiger partial charge on any atom is 0.339 e. The zero-order valence-electron chi connectivity index (χ0n) is 8.49. The van der Waals surface area contributed by atoms with Crippen molar-refractivity contribution < 1.29 is 24.2 Å². The van der Waals surface area contributed by atoms with Crippen LogP contribution in [0, 0.1) is 5.92 Å². The van der Waals surface area contributed by atoms with Crippen LogP contribution in [0.3, 0.4) is 0 Å². The van der Waals surface area contributed by atoms with E-state index in [1.54, 1.807) is 0 Å². The lowest BCUT2D eigenvalue weighted by Gasteiger charge is -2.05. The van der Waals surface area contributed by atoms with E-state index in [0.29, 0.717) is 12.5 Å². The number of aliphatic hydroxyl groups is 1. The Balaban J connectivity index is 3.40. The van der Waals surface area contributed by atoms with Gasteiger partial charge in [-0.1, -0.05) is 13.8 Å². The molecule has 0 aliphatic rings. The summed E-state index contributed by atoms with van der Waals surface area (Å²) in [6.45, 7) is 3.49. The summed E-state index contributed by atoms with van der Waals surface area (Å²) in [6.07, 6.45) is 0.848. The first-order valence-electron chi connectivity index (χ1n) is 4.48. The van der Waals surface area contributed by atoms with Gasteiger partial charge in [0, 0.05) is 6.61 Å². The Morgan fingerprint density at radius 2 is 1.93 bits per heavy atom. The fourth-order valence-corrected chi connectivity index (χ4v) is 0.663. The van der Waals surface area contributed by atoms with Crippen molar-refractivity contribution in [1.29, 1.82) is 0 Å². The smallest absolute Gasteiger partial charge is 0.339 e. The van der Waals surface area contributed by atoms with Crippen molar-refractivity contribution in [3.63, 3.8) is 0 Å². The van der Waals surface area contributed by atoms with Gasteiger partial charge < -0.3 is 14.6 Å². The van der Waals surface area contributed by atoms with Gasteiger partial charge in [-0.25, -0.2) is 9.59 Å². The second-order valence-corrected chi connectivity index (χ2v) is 3.24. The number of ether oxygens (including phenoxy) is 2. The molecule has 0 spiro atoms. The number of rotatable bonds is 6. The van der Waals surface area contributed by atoms with Crippen LogP contribution in [0.4, 0.5) is 0 Å². The van der Waals surface area contributed by atoms with E-state index in [4.69, 9.17) is 9.84 Å². The summed E-state index contributed by atoms with van der Waals surface area (Å²) < 4.78 is 9.10. The van der Waals surface area contributed by atoms with Crippen molar-refractivity contribution in [2.45, 2.75) is 20.3 Å². The standard InChI is InChI=1S/C9H16O5/c1-7(2)3-4-13-6-9(12)14-8(11)5-10/h7,10H,3-6H2,1-2H3. The number of hydrogen-bond donors (Lipinski definition) is 1. The quantitative estimate of drug-likeness (QED) is 0.377. The molecule has 0 aromatic carbocycles. The predicted octanol–water partition coefficient (Wildman–Crippen LogP) is 0.111. The molecule has 82 valence electrons. The molecule has 0 saturated heterocycles. The Bertz CT molecular complexity index is 188. The van der Waals surface area contributed by atoms with Crippen LogP contribution >= 0.6 is 0 Å². The van der Waals surface area contributed by atoms with Crippen molar-refractivity contribution in [3.8, 4) is 0 Å². The first-order valence-corrected chi connectivity index (χ1v) is 4.48. The molecule has 0 fully saturated rings. The highest BCUT2D eigenvalue weighted by Gasteiger charge is 2.08. The first kappa shape index (κ1) is 13.1. The summed E-state index contributed by atoms with van der Waals surface area (Å²) in [5, 5.41) is 8.26. The molecule has 0 saturated carbocycles. The molecule has 0 amide bonds. The Morgan fingerprint density at radius 3 is 2.43 bits per heavy atom. The molecule has 1 N–H and O–H groups in total. The minimum atomic E-state index is -0.956. The summed E-state index contributed by atoms with van der Waals surface area (Å²) >= 11 is 0. The van der Waals surface area contributed by atoms with Gasteiger partial charge in [-0.05, 0) is 12.3 Å². The molecule has 0 aliphatic carbocycles. The van der Waals surface area contributed by atoms with Gasteiger partial charge in [-0.2, -0.15) is 0 Å². The molecule has 0 aliphatic heterocycles. The monoisotopic (exact) mass is 204 g/mol. The topological polar surface area (TPSA) is 72.8 Å². The van der Waals surface area contributed by atoms with E-state index in [1.165, 1.54) is 0 Å². The first-order chi connectivity index (χ1) is 6.56. The van der Waals surface area contributed by atoms with Gasteiger partial charge in [0.05, 0.1) is 0 Å². The molecule has 0 aromatic rings. The Hall–Kier alpha value is -0.940. The lowest BCUT2D eigenvalue weighted by molar-refractivity contribution is -0.164. The van der Waals surface area contributed by atoms with E-state index in [2.05, 4.69) is 4.74 Å². The lowest BCUT2D eigenvalue weighted by Crippen LogP contribution is -2.20. The fourth-order valence-electron chi connectivity index (χ4n) is 0.663. The van der Waals surface area contributed by atoms with Crippen LogP contribution in [0.15, 0.2) is 0 Å². The zero-order chi connectivity index (χ0) is 11.0. The van der Waals surface area contributed by atoms with Crippen LogP contribution in [0.5, 0.6) is 0 Å². The molecule has 0 radical (unpaired) electrons. The van der Waals surface area contributed by atoms with Gasteiger partial charge in [-0.3, -0.25) is 0 Å². The zero-order valence-corrected chi connectivity index (χ0v) is 8.49. The highest BCUT2D eigenvalue weighted by atomic mass is 16.6. The summed E-state index contributed by atoms with van der Waals surface area (Å²) in [6, 6.07) is 0. The fraction of sp³-hybridized carbons (Fsp3) is 0.778. The van der Waals surface area contributed by atoms with Crippen molar-refractivity contribution in [2.24, 2.45) is 5.92 Å². The molecular formula is C9H16O5. The minimum absolute atomic E-state index is 0.252. The molecule has 0 aromatic heterocycles. The normalized spacial score (nSPS) is 10.3. The van der Waals surface area contributed by atoms with Gasteiger partial charge in [-0.15, -0.1) is 0 Å². The second kappa shape index (κ2) is 7.46. The molecule has 0 atom stereocenters. The molecule has 5 nitrogen and oxygen atoms in total. The van der Waals surface area contributed by atoms with E-state index in [-0.39, 0.29) is 6.61 Å². The Morgan fingerprint density at radius 1 is 1.29 bits per heavy atom. The number of carbonyl (C=O) groups is 2. The molecule has 5 heteroatoms. The average molecular weight is 204 g/mol. The van der Waals surface area contributed by atoms with Gasteiger partial charge in [0.15, 0.2) is 0 Å². The van der Waals surface area contributed by atoms with Crippen molar-refractivity contribution >= 4 is 11.9 Å². The van der Waals surface area contributed by atoms with Crippen molar-refractivity contribution in [2.75, 3.05) is 19.8 Å². The average Bonchev–Trinajstić information content (AvgIpc) is 2.12. The maximum atomic E-state index is 10.8. The van der Waals surface area contributed by atoms with Crippen LogP contribution in [0.1, 0.15) is 20.3 Å². The minimum Gasteiger partial charge on any atom is -0.390 e. The molecule has 0 rings (SSSR count). The predicted molar refractivity (Wildman–Crippen MR) is 48.5 cm³/mol. The van der Waals surface area contributed by atoms with Crippen LogP contribution in [0.2, 0.25) is 0 Å². The highest BCUT2D eigenvalue weighted by Crippen LogP contribution is 1.98. The van der Waals surface area contributed by atoms with E-state index < -0.39 is 18.5 Å². The summed E-state index contributed by atoms with van der Waals surface area (Å²) in [7, 11) is 0. The van der Waals surface area contributed by atoms with Gasteiger partial charge >= 0.3 is 11.9 Å². The summed E-state index contributed by atoms with van der Waals surface area (Å²) in [5.74, 6) is -1.22. The molecule has 0 heterocycles. The number of carbonyl (C=O) groups excluding carboxylic acids is 2. The lowest BCUT2D eigenvalue weighted by atomic mass is 10.1. The third-order valence-electron chi connectivity index (χ3n) is 1.42. The van der Waals surface area contributed by atoms with Crippen molar-refractivity contribution in [1.82, 2.24) is 0 Å². The van der Waals surface area contributed by atoms with E-state index in [9.17, 15) is 9.59 Å². The maximum absolute atomic E-state index is 10.8. The molecule has 14 heavy (non-hydrogen) atoms. The Labute approximate surface area is 83.0 Å². The largest absolute Gasteiger partial charge is 0.390 e. The van der Waals surface area contributed by atoms with E-state index in [1.807, 2.05) is 13.8 Å². The van der Waals surface area contributed by atoms with Crippen molar-refractivity contribution in [3.05, 3.63) is 0 Å². The van der Waals surface area contributed by atoms with Crippen LogP contribution < -0.4 is 0 Å². The van der Waals surface area contributed by atoms with E-state index in [0.717, 1.165) is 6.42 Å². The molecule has 0 bridgehead atoms. The van der Waals surface area contributed by atoms with Crippen LogP contribution in [-0.4, -0.2) is 36.9 Å². The third-order valence-corrected chi connectivity index (χ3v) is 1.42. The summed E-state index contributed by atoms with van der Waals surface area (Å²) in [4.78, 5) is 21.2. The molecule has 0 unspecified atom stereocenters. The van der Waals surface area contributed by atoms with Gasteiger partial charge in [0.1, 0.15) is 13.2 Å².